The van der Waals surface area contributed by atoms with Gasteiger partial charge in [0.25, 0.3) is 0 Å². The number of benzene rings is 1. The standard InChI is InChI=1S/C6H6BFO2.C2H4/c8-6-3-1-2-5(4-6)7(9)10;1-2/h1-4,9-10H;1-2H2. The number of hydrogen-bond acceptors (Lipinski definition) is 2. The highest BCUT2D eigenvalue weighted by atomic mass is 19.1. The molecule has 0 heterocycles. The number of rotatable bonds is 1. The zero-order valence-corrected chi connectivity index (χ0v) is 6.57. The Morgan fingerprint density at radius 3 is 2.17 bits per heavy atom. The van der Waals surface area contributed by atoms with Crippen LogP contribution in [0, 0.1) is 5.82 Å². The van der Waals surface area contributed by atoms with Crippen molar-refractivity contribution in [3.05, 3.63) is 43.2 Å². The second-order valence-electron chi connectivity index (χ2n) is 1.93. The molecule has 0 aliphatic rings. The van der Waals surface area contributed by atoms with E-state index in [2.05, 4.69) is 13.2 Å². The molecule has 0 spiro atoms. The lowest BCUT2D eigenvalue weighted by atomic mass is 9.80. The molecule has 0 fully saturated rings. The Hall–Kier alpha value is -1.13. The van der Waals surface area contributed by atoms with Crippen molar-refractivity contribution in [1.29, 1.82) is 0 Å². The molecule has 1 rings (SSSR count). The molecule has 4 heteroatoms. The molecule has 2 N–H and O–H groups in total. The molecule has 0 radical (unpaired) electrons. The van der Waals surface area contributed by atoms with Gasteiger partial charge in [0.15, 0.2) is 0 Å². The minimum Gasteiger partial charge on any atom is -0.423 e. The maximum absolute atomic E-state index is 12.3. The van der Waals surface area contributed by atoms with Gasteiger partial charge in [-0.25, -0.2) is 4.39 Å². The molecule has 64 valence electrons. The topological polar surface area (TPSA) is 40.5 Å². The van der Waals surface area contributed by atoms with E-state index in [1.54, 1.807) is 0 Å². The fourth-order valence-corrected chi connectivity index (χ4v) is 0.667. The van der Waals surface area contributed by atoms with Crippen LogP contribution in [-0.2, 0) is 0 Å². The van der Waals surface area contributed by atoms with E-state index in [1.165, 1.54) is 18.2 Å². The fourth-order valence-electron chi connectivity index (χ4n) is 0.667. The Kier molecular flexibility index (Phi) is 5.00. The Bertz CT molecular complexity index is 240. The van der Waals surface area contributed by atoms with E-state index in [0.29, 0.717) is 0 Å². The Labute approximate surface area is 71.1 Å². The molecule has 0 amide bonds. The van der Waals surface area contributed by atoms with Gasteiger partial charge in [0.2, 0.25) is 0 Å². The molecule has 0 saturated carbocycles. The summed E-state index contributed by atoms with van der Waals surface area (Å²) in [6, 6.07) is 5.18. The Balaban J connectivity index is 0.000000561. The normalized spacial score (nSPS) is 8.25. The van der Waals surface area contributed by atoms with Crippen molar-refractivity contribution < 1.29 is 14.4 Å². The SMILES string of the molecule is C=C.OB(O)c1cccc(F)c1. The first kappa shape index (κ1) is 10.9. The van der Waals surface area contributed by atoms with E-state index in [-0.39, 0.29) is 5.46 Å². The predicted octanol–water partition coefficient (Wildman–Crippen LogP) is 0.308. The van der Waals surface area contributed by atoms with Crippen LogP contribution in [-0.4, -0.2) is 17.2 Å². The molecular weight excluding hydrogens is 158 g/mol. The Morgan fingerprint density at radius 2 is 1.83 bits per heavy atom. The van der Waals surface area contributed by atoms with E-state index in [0.717, 1.165) is 6.07 Å². The summed E-state index contributed by atoms with van der Waals surface area (Å²) in [6.07, 6.45) is 0. The first-order valence-corrected chi connectivity index (χ1v) is 3.32. The summed E-state index contributed by atoms with van der Waals surface area (Å²) < 4.78 is 12.3. The highest BCUT2D eigenvalue weighted by molar-refractivity contribution is 6.58. The van der Waals surface area contributed by atoms with Gasteiger partial charge in [0.1, 0.15) is 5.82 Å². The van der Waals surface area contributed by atoms with Crippen LogP contribution in [0.3, 0.4) is 0 Å². The molecule has 0 aliphatic carbocycles. The molecule has 0 unspecified atom stereocenters. The van der Waals surface area contributed by atoms with Gasteiger partial charge in [-0.1, -0.05) is 12.1 Å². The lowest BCUT2D eigenvalue weighted by Crippen LogP contribution is -2.29. The quantitative estimate of drug-likeness (QED) is 0.467. The highest BCUT2D eigenvalue weighted by Gasteiger charge is 2.09. The van der Waals surface area contributed by atoms with Crippen molar-refractivity contribution in [2.24, 2.45) is 0 Å². The van der Waals surface area contributed by atoms with Crippen LogP contribution in [0.5, 0.6) is 0 Å². The monoisotopic (exact) mass is 168 g/mol. The summed E-state index contributed by atoms with van der Waals surface area (Å²) in [7, 11) is -1.59. The van der Waals surface area contributed by atoms with Gasteiger partial charge < -0.3 is 10.0 Å². The minimum atomic E-state index is -1.59. The van der Waals surface area contributed by atoms with Crippen molar-refractivity contribution in [3.63, 3.8) is 0 Å². The van der Waals surface area contributed by atoms with Crippen LogP contribution < -0.4 is 5.46 Å². The third-order valence-corrected chi connectivity index (χ3v) is 1.15. The first-order valence-electron chi connectivity index (χ1n) is 3.32. The fraction of sp³-hybridized carbons (Fsp3) is 0. The molecule has 12 heavy (non-hydrogen) atoms. The molecule has 0 bridgehead atoms. The molecule has 1 aromatic rings. The van der Waals surface area contributed by atoms with Gasteiger partial charge in [-0.05, 0) is 17.6 Å². The van der Waals surface area contributed by atoms with Crippen LogP contribution in [0.2, 0.25) is 0 Å². The smallest absolute Gasteiger partial charge is 0.423 e. The van der Waals surface area contributed by atoms with Gasteiger partial charge in [0.05, 0.1) is 0 Å². The number of hydrogen-bond donors (Lipinski definition) is 2. The van der Waals surface area contributed by atoms with Crippen LogP contribution in [0.25, 0.3) is 0 Å². The zero-order valence-electron chi connectivity index (χ0n) is 6.57. The Morgan fingerprint density at radius 1 is 1.25 bits per heavy atom. The molecule has 0 saturated heterocycles. The van der Waals surface area contributed by atoms with Gasteiger partial charge in [-0.3, -0.25) is 0 Å². The van der Waals surface area contributed by atoms with Crippen molar-refractivity contribution >= 4 is 12.6 Å². The van der Waals surface area contributed by atoms with Crippen LogP contribution >= 0.6 is 0 Å². The van der Waals surface area contributed by atoms with Crippen molar-refractivity contribution in [3.8, 4) is 0 Å². The maximum atomic E-state index is 12.3. The molecular formula is C8H10BFO2. The zero-order chi connectivity index (χ0) is 9.56. The molecule has 0 aromatic heterocycles. The largest absolute Gasteiger partial charge is 0.488 e. The van der Waals surface area contributed by atoms with E-state index < -0.39 is 12.9 Å². The predicted molar refractivity (Wildman–Crippen MR) is 47.5 cm³/mol. The van der Waals surface area contributed by atoms with Gasteiger partial charge in [-0.2, -0.15) is 0 Å². The van der Waals surface area contributed by atoms with E-state index >= 15 is 0 Å². The number of halogens is 1. The van der Waals surface area contributed by atoms with E-state index in [9.17, 15) is 4.39 Å². The highest BCUT2D eigenvalue weighted by Crippen LogP contribution is 1.92. The van der Waals surface area contributed by atoms with Crippen LogP contribution in [0.1, 0.15) is 0 Å². The molecule has 1 aromatic carbocycles. The average molecular weight is 168 g/mol. The molecule has 0 atom stereocenters. The first-order chi connectivity index (χ1) is 5.70. The second-order valence-corrected chi connectivity index (χ2v) is 1.93. The minimum absolute atomic E-state index is 0.167. The van der Waals surface area contributed by atoms with Crippen molar-refractivity contribution in [2.45, 2.75) is 0 Å². The van der Waals surface area contributed by atoms with E-state index in [1.807, 2.05) is 0 Å². The van der Waals surface area contributed by atoms with Crippen molar-refractivity contribution in [2.75, 3.05) is 0 Å². The van der Waals surface area contributed by atoms with Crippen LogP contribution in [0.4, 0.5) is 4.39 Å². The van der Waals surface area contributed by atoms with Gasteiger partial charge in [0, 0.05) is 0 Å². The third-order valence-electron chi connectivity index (χ3n) is 1.15. The van der Waals surface area contributed by atoms with Crippen LogP contribution in [0.15, 0.2) is 37.4 Å². The average Bonchev–Trinajstić information content (AvgIpc) is 2.08. The maximum Gasteiger partial charge on any atom is 0.488 e. The summed E-state index contributed by atoms with van der Waals surface area (Å²) >= 11 is 0. The third kappa shape index (κ3) is 3.32. The lowest BCUT2D eigenvalue weighted by Gasteiger charge is -1.96. The summed E-state index contributed by atoms with van der Waals surface area (Å²) in [4.78, 5) is 0. The lowest BCUT2D eigenvalue weighted by molar-refractivity contribution is 0.425. The van der Waals surface area contributed by atoms with Crippen molar-refractivity contribution in [1.82, 2.24) is 0 Å². The molecule has 0 aliphatic heterocycles. The summed E-state index contributed by atoms with van der Waals surface area (Å²) in [5.74, 6) is -0.467. The molecule has 2 nitrogen and oxygen atoms in total. The summed E-state index contributed by atoms with van der Waals surface area (Å²) in [5, 5.41) is 17.1. The summed E-state index contributed by atoms with van der Waals surface area (Å²) in [6.45, 7) is 6.00. The van der Waals surface area contributed by atoms with Gasteiger partial charge in [-0.15, -0.1) is 13.2 Å². The summed E-state index contributed by atoms with van der Waals surface area (Å²) in [5.41, 5.74) is 0.167. The second kappa shape index (κ2) is 5.52. The van der Waals surface area contributed by atoms with E-state index in [4.69, 9.17) is 10.0 Å². The van der Waals surface area contributed by atoms with Gasteiger partial charge >= 0.3 is 7.12 Å².